The van der Waals surface area contributed by atoms with Crippen molar-refractivity contribution in [1.82, 2.24) is 5.43 Å². The lowest BCUT2D eigenvalue weighted by Crippen LogP contribution is -2.16. The number of hydrogen-bond donors (Lipinski definition) is 2. The molecule has 0 fully saturated rings. The average Bonchev–Trinajstić information content (AvgIpc) is 3.27. The van der Waals surface area contributed by atoms with E-state index in [-0.39, 0.29) is 23.6 Å². The van der Waals surface area contributed by atoms with Crippen molar-refractivity contribution in [3.63, 3.8) is 0 Å². The number of rotatable bonds is 8. The maximum absolute atomic E-state index is 12.3. The maximum atomic E-state index is 12.3. The van der Waals surface area contributed by atoms with Gasteiger partial charge in [-0.3, -0.25) is 14.9 Å². The highest BCUT2D eigenvalue weighted by Crippen LogP contribution is 2.27. The quantitative estimate of drug-likeness (QED) is 0.179. The van der Waals surface area contributed by atoms with Crippen LogP contribution in [0.25, 0.3) is 11.0 Å². The van der Waals surface area contributed by atoms with Gasteiger partial charge in [0.15, 0.2) is 5.76 Å². The highest BCUT2D eigenvalue weighted by Gasteiger charge is 2.14. The smallest absolute Gasteiger partial charge is 0.335 e. The van der Waals surface area contributed by atoms with Gasteiger partial charge in [-0.2, -0.15) is 5.10 Å². The van der Waals surface area contributed by atoms with E-state index in [9.17, 15) is 19.7 Å². The van der Waals surface area contributed by atoms with Crippen molar-refractivity contribution in [2.45, 2.75) is 6.61 Å². The number of benzene rings is 3. The zero-order chi connectivity index (χ0) is 24.9. The zero-order valence-electron chi connectivity index (χ0n) is 17.8. The summed E-state index contributed by atoms with van der Waals surface area (Å²) in [5, 5.41) is 24.3. The summed E-state index contributed by atoms with van der Waals surface area (Å²) in [5.74, 6) is -1.10. The largest absolute Gasteiger partial charge is 0.488 e. The van der Waals surface area contributed by atoms with Gasteiger partial charge in [-0.1, -0.05) is 12.1 Å². The van der Waals surface area contributed by atoms with Gasteiger partial charge < -0.3 is 14.3 Å². The van der Waals surface area contributed by atoms with Crippen LogP contribution in [0.15, 0.2) is 80.7 Å². The minimum absolute atomic E-state index is 0.0328. The molecule has 10 nitrogen and oxygen atoms in total. The molecule has 1 amide bonds. The van der Waals surface area contributed by atoms with Gasteiger partial charge in [-0.25, -0.2) is 10.2 Å². The molecule has 3 aromatic carbocycles. The van der Waals surface area contributed by atoms with Gasteiger partial charge in [-0.05, 0) is 69.5 Å². The Hall–Kier alpha value is -4.51. The molecular formula is C24H16BrN3O7. The van der Waals surface area contributed by atoms with E-state index in [0.717, 1.165) is 0 Å². The number of fused-ring (bicyclic) bond motifs is 1. The number of non-ortho nitro benzene ring substituents is 1. The number of furan rings is 1. The van der Waals surface area contributed by atoms with Crippen molar-refractivity contribution in [2.75, 3.05) is 0 Å². The summed E-state index contributed by atoms with van der Waals surface area (Å²) >= 11 is 3.42. The molecule has 1 aromatic heterocycles. The summed E-state index contributed by atoms with van der Waals surface area (Å²) in [6.45, 7) is 0.184. The van der Waals surface area contributed by atoms with Gasteiger partial charge in [0.25, 0.3) is 5.69 Å². The lowest BCUT2D eigenvalue weighted by molar-refractivity contribution is -0.384. The number of hydrogen-bond acceptors (Lipinski definition) is 7. The molecule has 35 heavy (non-hydrogen) atoms. The molecule has 0 saturated heterocycles. The van der Waals surface area contributed by atoms with Crippen LogP contribution in [0.2, 0.25) is 0 Å². The average molecular weight is 538 g/mol. The zero-order valence-corrected chi connectivity index (χ0v) is 19.4. The number of hydrazone groups is 1. The van der Waals surface area contributed by atoms with Crippen LogP contribution in [0, 0.1) is 10.1 Å². The second kappa shape index (κ2) is 10.2. The molecule has 0 aliphatic heterocycles. The lowest BCUT2D eigenvalue weighted by Gasteiger charge is -2.09. The monoisotopic (exact) mass is 537 g/mol. The van der Waals surface area contributed by atoms with Gasteiger partial charge in [0.05, 0.1) is 21.2 Å². The fraction of sp³-hybridized carbons (Fsp3) is 0.0417. The minimum Gasteiger partial charge on any atom is -0.488 e. The van der Waals surface area contributed by atoms with Gasteiger partial charge in [0.2, 0.25) is 0 Å². The molecule has 0 radical (unpaired) electrons. The van der Waals surface area contributed by atoms with E-state index in [2.05, 4.69) is 26.5 Å². The van der Waals surface area contributed by atoms with E-state index < -0.39 is 16.8 Å². The molecule has 0 bridgehead atoms. The Morgan fingerprint density at radius 3 is 2.71 bits per heavy atom. The normalized spacial score (nSPS) is 11.0. The Bertz CT molecular complexity index is 1480. The number of amides is 1. The maximum Gasteiger partial charge on any atom is 0.335 e. The number of carboxylic acid groups (broad SMARTS) is 1. The fourth-order valence-corrected chi connectivity index (χ4v) is 3.66. The number of nitro groups is 1. The van der Waals surface area contributed by atoms with E-state index in [0.29, 0.717) is 32.3 Å². The van der Waals surface area contributed by atoms with E-state index in [1.165, 1.54) is 36.5 Å². The second-order valence-electron chi connectivity index (χ2n) is 7.27. The van der Waals surface area contributed by atoms with Gasteiger partial charge in [0.1, 0.15) is 17.9 Å². The minimum atomic E-state index is -1.01. The first-order valence-electron chi connectivity index (χ1n) is 10.1. The molecular weight excluding hydrogens is 522 g/mol. The number of aromatic carboxylic acids is 1. The Morgan fingerprint density at radius 1 is 1.14 bits per heavy atom. The topological polar surface area (TPSA) is 144 Å². The van der Waals surface area contributed by atoms with E-state index >= 15 is 0 Å². The molecule has 176 valence electrons. The third kappa shape index (κ3) is 5.71. The van der Waals surface area contributed by atoms with Crippen molar-refractivity contribution in [1.29, 1.82) is 0 Å². The summed E-state index contributed by atoms with van der Waals surface area (Å²) in [5.41, 5.74) is 4.15. The molecule has 0 spiro atoms. The van der Waals surface area contributed by atoms with E-state index in [4.69, 9.17) is 14.3 Å². The number of carboxylic acids is 1. The molecule has 0 aliphatic rings. The first-order chi connectivity index (χ1) is 16.8. The summed E-state index contributed by atoms with van der Waals surface area (Å²) in [6.07, 6.45) is 1.43. The van der Waals surface area contributed by atoms with Crippen molar-refractivity contribution in [2.24, 2.45) is 5.10 Å². The highest BCUT2D eigenvalue weighted by atomic mass is 79.9. The Kier molecular flexibility index (Phi) is 6.88. The van der Waals surface area contributed by atoms with Crippen LogP contribution in [0.1, 0.15) is 32.0 Å². The molecule has 4 aromatic rings. The number of nitrogens with one attached hydrogen (secondary N) is 1. The van der Waals surface area contributed by atoms with E-state index in [1.807, 2.05) is 0 Å². The third-order valence-electron chi connectivity index (χ3n) is 4.84. The number of carbonyl (C=O) groups is 2. The van der Waals surface area contributed by atoms with Crippen LogP contribution in [0.4, 0.5) is 5.69 Å². The van der Waals surface area contributed by atoms with Crippen molar-refractivity contribution >= 4 is 50.7 Å². The predicted molar refractivity (Wildman–Crippen MR) is 130 cm³/mol. The molecule has 4 rings (SSSR count). The molecule has 0 atom stereocenters. The van der Waals surface area contributed by atoms with Crippen molar-refractivity contribution in [3.05, 3.63) is 104 Å². The number of halogens is 1. The molecule has 1 heterocycles. The van der Waals surface area contributed by atoms with Crippen LogP contribution in [-0.2, 0) is 6.61 Å². The number of carbonyl (C=O) groups excluding carboxylic acids is 1. The third-order valence-corrected chi connectivity index (χ3v) is 5.46. The number of nitro benzene ring substituents is 1. The summed E-state index contributed by atoms with van der Waals surface area (Å²) in [6, 6.07) is 17.1. The summed E-state index contributed by atoms with van der Waals surface area (Å²) < 4.78 is 11.8. The first kappa shape index (κ1) is 23.6. The standard InChI is InChI=1S/C24H16BrN3O7/c25-19-9-14(4-6-21(19)34-13-15-2-1-3-16(8-15)24(30)31)12-26-27-23(29)22-11-17-10-18(28(32)33)5-7-20(17)35-22/h1-12H,13H2,(H,27,29)(H,30,31)/b26-12+. The van der Waals surface area contributed by atoms with Crippen LogP contribution >= 0.6 is 15.9 Å². The number of nitrogens with zero attached hydrogens (tertiary/aromatic N) is 2. The van der Waals surface area contributed by atoms with Crippen LogP contribution in [0.3, 0.4) is 0 Å². The molecule has 0 aliphatic carbocycles. The van der Waals surface area contributed by atoms with Gasteiger partial charge >= 0.3 is 11.9 Å². The Labute approximate surface area is 206 Å². The highest BCUT2D eigenvalue weighted by molar-refractivity contribution is 9.10. The fourth-order valence-electron chi connectivity index (χ4n) is 3.15. The molecule has 11 heteroatoms. The molecule has 0 saturated carbocycles. The summed E-state index contributed by atoms with van der Waals surface area (Å²) in [4.78, 5) is 33.8. The van der Waals surface area contributed by atoms with Gasteiger partial charge in [0, 0.05) is 17.5 Å². The Balaban J connectivity index is 1.37. The second-order valence-corrected chi connectivity index (χ2v) is 8.13. The van der Waals surface area contributed by atoms with Gasteiger partial charge in [-0.15, -0.1) is 0 Å². The predicted octanol–water partition coefficient (Wildman–Crippen LogP) is 5.14. The first-order valence-corrected chi connectivity index (χ1v) is 10.9. The van der Waals surface area contributed by atoms with Crippen molar-refractivity contribution in [3.8, 4) is 5.75 Å². The van der Waals surface area contributed by atoms with Crippen LogP contribution < -0.4 is 10.2 Å². The van der Waals surface area contributed by atoms with Crippen LogP contribution in [-0.4, -0.2) is 28.1 Å². The molecule has 0 unspecified atom stereocenters. The summed E-state index contributed by atoms with van der Waals surface area (Å²) in [7, 11) is 0. The molecule has 2 N–H and O–H groups in total. The Morgan fingerprint density at radius 2 is 1.97 bits per heavy atom. The SMILES string of the molecule is O=C(O)c1cccc(COc2ccc(/C=N/NC(=O)c3cc4cc([N+](=O)[O-])ccc4o3)cc2Br)c1. The van der Waals surface area contributed by atoms with Crippen LogP contribution in [0.5, 0.6) is 5.75 Å². The van der Waals surface area contributed by atoms with E-state index in [1.54, 1.807) is 36.4 Å². The number of ether oxygens (including phenoxy) is 1. The lowest BCUT2D eigenvalue weighted by atomic mass is 10.1. The van der Waals surface area contributed by atoms with Crippen molar-refractivity contribution < 1.29 is 28.8 Å².